The van der Waals surface area contributed by atoms with Gasteiger partial charge < -0.3 is 10.2 Å². The van der Waals surface area contributed by atoms with Gasteiger partial charge in [-0.2, -0.15) is 0 Å². The molecule has 0 aromatic rings. The molecule has 0 spiro atoms. The van der Waals surface area contributed by atoms with Crippen molar-refractivity contribution < 1.29 is 0 Å². The zero-order valence-corrected chi connectivity index (χ0v) is 11.4. The van der Waals surface area contributed by atoms with Crippen molar-refractivity contribution in [2.24, 2.45) is 5.92 Å². The average Bonchev–Trinajstić information content (AvgIpc) is 2.88. The Morgan fingerprint density at radius 3 is 2.41 bits per heavy atom. The maximum Gasteiger partial charge on any atom is 0.0107 e. The molecule has 0 aromatic carbocycles. The molecule has 0 bridgehead atoms. The Morgan fingerprint density at radius 1 is 0.882 bits per heavy atom. The Bertz CT molecular complexity index is 181. The van der Waals surface area contributed by atoms with Gasteiger partial charge in [-0.05, 0) is 51.2 Å². The third-order valence-electron chi connectivity index (χ3n) is 4.49. The fourth-order valence-corrected chi connectivity index (χ4v) is 3.36. The van der Waals surface area contributed by atoms with E-state index in [0.29, 0.717) is 0 Å². The molecule has 1 N–H and O–H groups in total. The summed E-state index contributed by atoms with van der Waals surface area (Å²) in [6.45, 7) is 6.38. The summed E-state index contributed by atoms with van der Waals surface area (Å²) in [7, 11) is 0. The predicted molar refractivity (Wildman–Crippen MR) is 74.4 cm³/mol. The number of hydrogen-bond donors (Lipinski definition) is 1. The van der Waals surface area contributed by atoms with E-state index in [0.717, 1.165) is 5.92 Å². The summed E-state index contributed by atoms with van der Waals surface area (Å²) in [6.07, 6.45) is 13.2. The van der Waals surface area contributed by atoms with E-state index in [1.54, 1.807) is 0 Å². The van der Waals surface area contributed by atoms with Crippen LogP contribution in [-0.4, -0.2) is 37.6 Å². The van der Waals surface area contributed by atoms with E-state index in [9.17, 15) is 0 Å². The van der Waals surface area contributed by atoms with Crippen LogP contribution in [0.4, 0.5) is 0 Å². The maximum absolute atomic E-state index is 3.61. The second-order valence-corrected chi connectivity index (χ2v) is 5.95. The van der Waals surface area contributed by atoms with Crippen LogP contribution < -0.4 is 5.32 Å². The van der Waals surface area contributed by atoms with Crippen molar-refractivity contribution in [3.05, 3.63) is 0 Å². The van der Waals surface area contributed by atoms with Gasteiger partial charge in [0.1, 0.15) is 0 Å². The molecule has 0 unspecified atom stereocenters. The second kappa shape index (κ2) is 8.10. The Balaban J connectivity index is 1.38. The third-order valence-corrected chi connectivity index (χ3v) is 4.49. The maximum atomic E-state index is 3.61. The number of nitrogens with one attached hydrogen (secondary N) is 1. The van der Waals surface area contributed by atoms with Gasteiger partial charge in [0.05, 0.1) is 0 Å². The van der Waals surface area contributed by atoms with Gasteiger partial charge in [-0.1, -0.05) is 32.1 Å². The highest BCUT2D eigenvalue weighted by atomic mass is 15.1. The standard InChI is InChI=1S/C15H30N2/c1-4-12-17(13-5-1)14-11-16-10-6-9-15-7-2-3-8-15/h15-16H,1-14H2. The highest BCUT2D eigenvalue weighted by molar-refractivity contribution is 4.68. The highest BCUT2D eigenvalue weighted by Gasteiger charge is 2.13. The molecular formula is C15H30N2. The van der Waals surface area contributed by atoms with Crippen LogP contribution in [0.5, 0.6) is 0 Å². The molecule has 1 aliphatic heterocycles. The molecule has 1 saturated carbocycles. The lowest BCUT2D eigenvalue weighted by atomic mass is 10.0. The number of likely N-dealkylation sites (tertiary alicyclic amines) is 1. The molecule has 100 valence electrons. The lowest BCUT2D eigenvalue weighted by Crippen LogP contribution is -2.36. The van der Waals surface area contributed by atoms with Crippen LogP contribution in [0.1, 0.15) is 57.8 Å². The molecule has 1 heterocycles. The zero-order valence-electron chi connectivity index (χ0n) is 11.4. The minimum atomic E-state index is 1.07. The van der Waals surface area contributed by atoms with Crippen LogP contribution in [0, 0.1) is 5.92 Å². The Kier molecular flexibility index (Phi) is 6.36. The van der Waals surface area contributed by atoms with Gasteiger partial charge >= 0.3 is 0 Å². The van der Waals surface area contributed by atoms with Crippen LogP contribution in [0.25, 0.3) is 0 Å². The summed E-state index contributed by atoms with van der Waals surface area (Å²) in [5.74, 6) is 1.07. The number of nitrogens with zero attached hydrogens (tertiary/aromatic N) is 1. The molecule has 2 heteroatoms. The second-order valence-electron chi connectivity index (χ2n) is 5.95. The first-order valence-corrected chi connectivity index (χ1v) is 7.88. The highest BCUT2D eigenvalue weighted by Crippen LogP contribution is 2.28. The van der Waals surface area contributed by atoms with Crippen LogP contribution in [0.15, 0.2) is 0 Å². The van der Waals surface area contributed by atoms with Crippen LogP contribution in [0.3, 0.4) is 0 Å². The summed E-state index contributed by atoms with van der Waals surface area (Å²) >= 11 is 0. The van der Waals surface area contributed by atoms with Crippen molar-refractivity contribution in [2.45, 2.75) is 57.8 Å². The summed E-state index contributed by atoms with van der Waals surface area (Å²) < 4.78 is 0. The molecule has 1 aliphatic carbocycles. The molecule has 1 saturated heterocycles. The van der Waals surface area contributed by atoms with E-state index < -0.39 is 0 Å². The fraction of sp³-hybridized carbons (Fsp3) is 1.00. The molecule has 2 aliphatic rings. The van der Waals surface area contributed by atoms with Gasteiger partial charge in [-0.3, -0.25) is 0 Å². The monoisotopic (exact) mass is 238 g/mol. The Hall–Kier alpha value is -0.0800. The van der Waals surface area contributed by atoms with E-state index in [2.05, 4.69) is 10.2 Å². The first-order chi connectivity index (χ1) is 8.45. The van der Waals surface area contributed by atoms with Crippen LogP contribution >= 0.6 is 0 Å². The number of rotatable bonds is 7. The normalized spacial score (nSPS) is 23.3. The van der Waals surface area contributed by atoms with E-state index >= 15 is 0 Å². The van der Waals surface area contributed by atoms with Crippen LogP contribution in [-0.2, 0) is 0 Å². The molecule has 0 atom stereocenters. The third kappa shape index (κ3) is 5.39. The van der Waals surface area contributed by atoms with Crippen molar-refractivity contribution in [3.63, 3.8) is 0 Å². The van der Waals surface area contributed by atoms with Gasteiger partial charge in [-0.15, -0.1) is 0 Å². The molecule has 0 aromatic heterocycles. The molecule has 0 amide bonds. The van der Waals surface area contributed by atoms with Crippen molar-refractivity contribution >= 4 is 0 Å². The van der Waals surface area contributed by atoms with Crippen molar-refractivity contribution in [1.82, 2.24) is 10.2 Å². The summed E-state index contributed by atoms with van der Waals surface area (Å²) in [5.41, 5.74) is 0. The summed E-state index contributed by atoms with van der Waals surface area (Å²) in [5, 5.41) is 3.61. The van der Waals surface area contributed by atoms with E-state index in [1.807, 2.05) is 0 Å². The van der Waals surface area contributed by atoms with Crippen molar-refractivity contribution in [1.29, 1.82) is 0 Å². The fourth-order valence-electron chi connectivity index (χ4n) is 3.36. The number of hydrogen-bond acceptors (Lipinski definition) is 2. The van der Waals surface area contributed by atoms with Gasteiger partial charge in [0.15, 0.2) is 0 Å². The van der Waals surface area contributed by atoms with Gasteiger partial charge in [0.25, 0.3) is 0 Å². The molecule has 2 nitrogen and oxygen atoms in total. The topological polar surface area (TPSA) is 15.3 Å². The lowest BCUT2D eigenvalue weighted by molar-refractivity contribution is 0.229. The lowest BCUT2D eigenvalue weighted by Gasteiger charge is -2.26. The predicted octanol–water partition coefficient (Wildman–Crippen LogP) is 3.03. The van der Waals surface area contributed by atoms with Crippen LogP contribution in [0.2, 0.25) is 0 Å². The quantitative estimate of drug-likeness (QED) is 0.686. The Labute approximate surface area is 107 Å². The van der Waals surface area contributed by atoms with Crippen molar-refractivity contribution in [3.8, 4) is 0 Å². The first kappa shape index (κ1) is 13.4. The zero-order chi connectivity index (χ0) is 11.8. The molecule has 0 radical (unpaired) electrons. The first-order valence-electron chi connectivity index (χ1n) is 7.88. The summed E-state index contributed by atoms with van der Waals surface area (Å²) in [4.78, 5) is 2.62. The van der Waals surface area contributed by atoms with E-state index in [-0.39, 0.29) is 0 Å². The molecule has 2 rings (SSSR count). The van der Waals surface area contributed by atoms with Crippen molar-refractivity contribution in [2.75, 3.05) is 32.7 Å². The van der Waals surface area contributed by atoms with Gasteiger partial charge in [-0.25, -0.2) is 0 Å². The minimum Gasteiger partial charge on any atom is -0.315 e. The molecule has 17 heavy (non-hydrogen) atoms. The molecular weight excluding hydrogens is 208 g/mol. The smallest absolute Gasteiger partial charge is 0.0107 e. The Morgan fingerprint density at radius 2 is 1.65 bits per heavy atom. The van der Waals surface area contributed by atoms with E-state index in [4.69, 9.17) is 0 Å². The average molecular weight is 238 g/mol. The molecule has 2 fully saturated rings. The van der Waals surface area contributed by atoms with Gasteiger partial charge in [0.2, 0.25) is 0 Å². The SMILES string of the molecule is C1CCN(CCNCCCC2CCCC2)CC1. The van der Waals surface area contributed by atoms with Gasteiger partial charge in [0, 0.05) is 13.1 Å². The number of piperidine rings is 1. The summed E-state index contributed by atoms with van der Waals surface area (Å²) in [6, 6.07) is 0. The minimum absolute atomic E-state index is 1.07. The van der Waals surface area contributed by atoms with E-state index in [1.165, 1.54) is 90.5 Å². The largest absolute Gasteiger partial charge is 0.315 e.